The number of amides is 2. The third-order valence-corrected chi connectivity index (χ3v) is 1.93. The highest BCUT2D eigenvalue weighted by Crippen LogP contribution is 2.26. The van der Waals surface area contributed by atoms with Gasteiger partial charge in [-0.3, -0.25) is 9.59 Å². The second-order valence-corrected chi connectivity index (χ2v) is 3.33. The number of carbonyl (C=O) groups is 3. The molecular formula is C6H7NO7P+. The fraction of sp³-hybridized carbons (Fsp3) is 0.500. The average Bonchev–Trinajstić information content (AvgIpc) is 2.31. The van der Waals surface area contributed by atoms with Gasteiger partial charge in [0.15, 0.2) is 0 Å². The molecule has 1 N–H and O–H groups in total. The Hall–Kier alpha value is -1.37. The van der Waals surface area contributed by atoms with Gasteiger partial charge in [-0.25, -0.2) is 4.79 Å². The normalized spacial score (nSPS) is 21.9. The van der Waals surface area contributed by atoms with E-state index < -0.39 is 38.6 Å². The Kier molecular flexibility index (Phi) is 3.46. The second-order valence-electron chi connectivity index (χ2n) is 2.65. The van der Waals surface area contributed by atoms with Gasteiger partial charge < -0.3 is 4.84 Å². The molecule has 1 saturated heterocycles. The number of rotatable bonds is 3. The van der Waals surface area contributed by atoms with Crippen LogP contribution in [0.3, 0.4) is 0 Å². The predicted octanol–water partition coefficient (Wildman–Crippen LogP) is -0.742. The van der Waals surface area contributed by atoms with Crippen molar-refractivity contribution < 1.29 is 33.2 Å². The van der Waals surface area contributed by atoms with Crippen LogP contribution in [0.25, 0.3) is 0 Å². The van der Waals surface area contributed by atoms with Gasteiger partial charge >= 0.3 is 14.2 Å². The van der Waals surface area contributed by atoms with Crippen molar-refractivity contribution in [1.82, 2.24) is 5.06 Å². The van der Waals surface area contributed by atoms with Gasteiger partial charge in [0.05, 0.1) is 6.42 Å². The summed E-state index contributed by atoms with van der Waals surface area (Å²) in [6.07, 6.45) is -1.79. The molecule has 0 saturated carbocycles. The zero-order chi connectivity index (χ0) is 11.6. The van der Waals surface area contributed by atoms with Crippen LogP contribution in [0.15, 0.2) is 0 Å². The summed E-state index contributed by atoms with van der Waals surface area (Å²) in [6.45, 7) is 1.02. The molecule has 1 aliphatic heterocycles. The summed E-state index contributed by atoms with van der Waals surface area (Å²) < 4.78 is 14.5. The Balaban J connectivity index is 2.70. The Morgan fingerprint density at radius 1 is 1.60 bits per heavy atom. The lowest BCUT2D eigenvalue weighted by Crippen LogP contribution is -2.34. The molecule has 9 heteroatoms. The molecule has 8 nitrogen and oxygen atoms in total. The quantitative estimate of drug-likeness (QED) is 0.507. The van der Waals surface area contributed by atoms with Crippen molar-refractivity contribution in [2.75, 3.05) is 0 Å². The minimum atomic E-state index is -2.99. The largest absolute Gasteiger partial charge is 0.695 e. The van der Waals surface area contributed by atoms with Crippen molar-refractivity contribution >= 4 is 26.0 Å². The molecule has 0 aromatic carbocycles. The molecule has 0 aromatic rings. The standard InChI is InChI=1S/C6H6NO7P/c1-3(8)13-7-5(9)2-4(6(7)10)14-15(11)12/h4H,2H2,1H3/p+1. The fourth-order valence-electron chi connectivity index (χ4n) is 0.998. The monoisotopic (exact) mass is 236 g/mol. The van der Waals surface area contributed by atoms with Crippen molar-refractivity contribution in [3.63, 3.8) is 0 Å². The van der Waals surface area contributed by atoms with Gasteiger partial charge in [0, 0.05) is 11.5 Å². The van der Waals surface area contributed by atoms with Crippen LogP contribution in [0.1, 0.15) is 13.3 Å². The van der Waals surface area contributed by atoms with Gasteiger partial charge in [0.2, 0.25) is 6.10 Å². The first-order chi connectivity index (χ1) is 6.91. The van der Waals surface area contributed by atoms with E-state index in [2.05, 4.69) is 9.36 Å². The molecule has 2 amide bonds. The van der Waals surface area contributed by atoms with Crippen LogP contribution in [0.5, 0.6) is 0 Å². The summed E-state index contributed by atoms with van der Waals surface area (Å²) in [6, 6.07) is 0. The number of hydrogen-bond donors (Lipinski definition) is 1. The molecule has 1 heterocycles. The Morgan fingerprint density at radius 2 is 2.20 bits per heavy atom. The van der Waals surface area contributed by atoms with Gasteiger partial charge in [-0.1, -0.05) is 5.06 Å². The molecule has 0 aromatic heterocycles. The molecule has 0 bridgehead atoms. The van der Waals surface area contributed by atoms with Gasteiger partial charge in [0.1, 0.15) is 0 Å². The van der Waals surface area contributed by atoms with Crippen molar-refractivity contribution in [2.24, 2.45) is 0 Å². The maximum Gasteiger partial charge on any atom is 0.695 e. The van der Waals surface area contributed by atoms with E-state index in [1.807, 2.05) is 0 Å². The van der Waals surface area contributed by atoms with Gasteiger partial charge in [0.25, 0.3) is 11.8 Å². The smallest absolute Gasteiger partial charge is 0.331 e. The highest BCUT2D eigenvalue weighted by Gasteiger charge is 2.46. The van der Waals surface area contributed by atoms with Crippen molar-refractivity contribution in [3.05, 3.63) is 0 Å². The van der Waals surface area contributed by atoms with Gasteiger partial charge in [-0.2, -0.15) is 0 Å². The summed E-state index contributed by atoms with van der Waals surface area (Å²) in [5.74, 6) is -2.60. The maximum atomic E-state index is 11.3. The van der Waals surface area contributed by atoms with Gasteiger partial charge in [-0.05, 0) is 0 Å². The first-order valence-electron chi connectivity index (χ1n) is 3.80. The van der Waals surface area contributed by atoms with Crippen molar-refractivity contribution in [1.29, 1.82) is 0 Å². The summed E-state index contributed by atoms with van der Waals surface area (Å²) in [5, 5.41) is 0.228. The van der Waals surface area contributed by atoms with E-state index in [9.17, 15) is 18.9 Å². The highest BCUT2D eigenvalue weighted by atomic mass is 31.1. The first kappa shape index (κ1) is 11.7. The maximum absolute atomic E-state index is 11.3. The van der Waals surface area contributed by atoms with E-state index in [0.717, 1.165) is 6.92 Å². The molecule has 1 aliphatic rings. The van der Waals surface area contributed by atoms with Crippen LogP contribution in [-0.2, 0) is 28.3 Å². The van der Waals surface area contributed by atoms with Crippen LogP contribution in [-0.4, -0.2) is 33.8 Å². The number of hydrogen-bond acceptors (Lipinski definition) is 6. The number of nitrogens with zero attached hydrogens (tertiary/aromatic N) is 1. The lowest BCUT2D eigenvalue weighted by atomic mass is 10.3. The third-order valence-electron chi connectivity index (χ3n) is 1.50. The SMILES string of the molecule is CC(=O)ON1C(=O)CC(O[P+](=O)O)C1=O. The first-order valence-corrected chi connectivity index (χ1v) is 4.93. The highest BCUT2D eigenvalue weighted by molar-refractivity contribution is 7.32. The zero-order valence-corrected chi connectivity index (χ0v) is 8.47. The lowest BCUT2D eigenvalue weighted by Gasteiger charge is -2.10. The topological polar surface area (TPSA) is 110 Å². The van der Waals surface area contributed by atoms with E-state index in [-0.39, 0.29) is 5.06 Å². The van der Waals surface area contributed by atoms with Crippen molar-refractivity contribution in [3.8, 4) is 0 Å². The summed E-state index contributed by atoms with van der Waals surface area (Å²) in [4.78, 5) is 45.5. The molecule has 1 fully saturated rings. The number of imide groups is 1. The summed E-state index contributed by atoms with van der Waals surface area (Å²) in [5.41, 5.74) is 0. The Bertz CT molecular complexity index is 340. The molecule has 0 spiro atoms. The van der Waals surface area contributed by atoms with Crippen LogP contribution in [0, 0.1) is 0 Å². The van der Waals surface area contributed by atoms with Crippen LogP contribution < -0.4 is 0 Å². The Morgan fingerprint density at radius 3 is 2.67 bits per heavy atom. The molecule has 15 heavy (non-hydrogen) atoms. The van der Waals surface area contributed by atoms with Gasteiger partial charge in [-0.15, -0.1) is 9.42 Å². The molecule has 1 rings (SSSR count). The van der Waals surface area contributed by atoms with Crippen LogP contribution in [0.2, 0.25) is 0 Å². The zero-order valence-electron chi connectivity index (χ0n) is 7.58. The Labute approximate surface area is 84.7 Å². The predicted molar refractivity (Wildman–Crippen MR) is 42.9 cm³/mol. The molecular weight excluding hydrogens is 229 g/mol. The van der Waals surface area contributed by atoms with E-state index >= 15 is 0 Å². The minimum Gasteiger partial charge on any atom is -0.331 e. The average molecular weight is 236 g/mol. The molecule has 2 atom stereocenters. The van der Waals surface area contributed by atoms with Crippen LogP contribution >= 0.6 is 8.25 Å². The van der Waals surface area contributed by atoms with Crippen molar-refractivity contribution in [2.45, 2.75) is 19.4 Å². The fourth-order valence-corrected chi connectivity index (χ4v) is 1.38. The van der Waals surface area contributed by atoms with Crippen LogP contribution in [0.4, 0.5) is 0 Å². The molecule has 82 valence electrons. The minimum absolute atomic E-state index is 0.228. The van der Waals surface area contributed by atoms with E-state index in [0.29, 0.717) is 0 Å². The van der Waals surface area contributed by atoms with E-state index in [1.54, 1.807) is 0 Å². The second kappa shape index (κ2) is 4.43. The van der Waals surface area contributed by atoms with E-state index in [1.165, 1.54) is 0 Å². The number of hydroxylamine groups is 2. The lowest BCUT2D eigenvalue weighted by molar-refractivity contribution is -0.197. The van der Waals surface area contributed by atoms with E-state index in [4.69, 9.17) is 4.89 Å². The summed E-state index contributed by atoms with van der Waals surface area (Å²) in [7, 11) is -2.99. The number of carbonyl (C=O) groups excluding carboxylic acids is 3. The molecule has 0 radical (unpaired) electrons. The summed E-state index contributed by atoms with van der Waals surface area (Å²) >= 11 is 0. The molecule has 2 unspecified atom stereocenters. The third kappa shape index (κ3) is 2.79. The molecule has 0 aliphatic carbocycles.